The minimum absolute atomic E-state index is 1.14. The molecule has 1 heterocycles. The molecule has 1 saturated heterocycles. The van der Waals surface area contributed by atoms with E-state index in [1.54, 1.807) is 0 Å². The molecule has 0 bridgehead atoms. The standard InChI is InChI=1S/C6H13N.C4H11N/c1-7-5-3-2-4-6-7;1-4-5(2)3/h2-6H2,1H3;4H2,1-3H3. The molecule has 74 valence electrons. The molecule has 2 heteroatoms. The topological polar surface area (TPSA) is 6.48 Å². The maximum absolute atomic E-state index is 2.39. The maximum atomic E-state index is 2.39. The quantitative estimate of drug-likeness (QED) is 0.593. The fourth-order valence-corrected chi connectivity index (χ4v) is 1.05. The number of piperidine rings is 1. The molecule has 0 atom stereocenters. The van der Waals surface area contributed by atoms with Crippen molar-refractivity contribution in [3.05, 3.63) is 0 Å². The van der Waals surface area contributed by atoms with E-state index in [-0.39, 0.29) is 0 Å². The van der Waals surface area contributed by atoms with Gasteiger partial charge in [0.15, 0.2) is 0 Å². The zero-order chi connectivity index (χ0) is 9.40. The molecule has 1 aliphatic rings. The normalized spacial score (nSPS) is 18.8. The Labute approximate surface area is 77.5 Å². The van der Waals surface area contributed by atoms with Crippen LogP contribution in [0.5, 0.6) is 0 Å². The van der Waals surface area contributed by atoms with Gasteiger partial charge in [-0.05, 0) is 53.6 Å². The Hall–Kier alpha value is -0.0800. The first-order valence-corrected chi connectivity index (χ1v) is 5.00. The van der Waals surface area contributed by atoms with E-state index in [1.807, 2.05) is 0 Å². The van der Waals surface area contributed by atoms with Crippen molar-refractivity contribution in [1.29, 1.82) is 0 Å². The second kappa shape index (κ2) is 7.56. The van der Waals surface area contributed by atoms with Crippen LogP contribution in [0.2, 0.25) is 0 Å². The Balaban J connectivity index is 0.000000217. The SMILES string of the molecule is CCN(C)C.CN1CCCCC1. The predicted molar refractivity (Wildman–Crippen MR) is 55.6 cm³/mol. The highest BCUT2D eigenvalue weighted by Crippen LogP contribution is 2.04. The van der Waals surface area contributed by atoms with Crippen LogP contribution in [-0.4, -0.2) is 50.6 Å². The molecule has 0 saturated carbocycles. The van der Waals surface area contributed by atoms with Gasteiger partial charge in [0, 0.05) is 0 Å². The molecule has 0 N–H and O–H groups in total. The molecule has 0 amide bonds. The summed E-state index contributed by atoms with van der Waals surface area (Å²) in [5.74, 6) is 0. The van der Waals surface area contributed by atoms with Gasteiger partial charge < -0.3 is 9.80 Å². The van der Waals surface area contributed by atoms with Gasteiger partial charge in [-0.3, -0.25) is 0 Å². The van der Waals surface area contributed by atoms with Crippen LogP contribution in [0.3, 0.4) is 0 Å². The van der Waals surface area contributed by atoms with Gasteiger partial charge in [-0.1, -0.05) is 13.3 Å². The van der Waals surface area contributed by atoms with Crippen molar-refractivity contribution in [2.75, 3.05) is 40.8 Å². The number of rotatable bonds is 1. The van der Waals surface area contributed by atoms with Gasteiger partial charge in [-0.15, -0.1) is 0 Å². The molecule has 0 aromatic heterocycles. The van der Waals surface area contributed by atoms with Crippen molar-refractivity contribution >= 4 is 0 Å². The predicted octanol–water partition coefficient (Wildman–Crippen LogP) is 1.67. The lowest BCUT2D eigenvalue weighted by molar-refractivity contribution is 0.277. The first-order chi connectivity index (χ1) is 5.66. The average Bonchev–Trinajstić information content (AvgIpc) is 2.07. The lowest BCUT2D eigenvalue weighted by atomic mass is 10.1. The van der Waals surface area contributed by atoms with E-state index < -0.39 is 0 Å². The summed E-state index contributed by atoms with van der Waals surface area (Å²) < 4.78 is 0. The Morgan fingerprint density at radius 3 is 1.67 bits per heavy atom. The van der Waals surface area contributed by atoms with Gasteiger partial charge in [0.1, 0.15) is 0 Å². The third kappa shape index (κ3) is 8.02. The van der Waals surface area contributed by atoms with Gasteiger partial charge in [0.05, 0.1) is 0 Å². The average molecular weight is 172 g/mol. The van der Waals surface area contributed by atoms with E-state index >= 15 is 0 Å². The molecule has 0 unspecified atom stereocenters. The maximum Gasteiger partial charge on any atom is -0.00218 e. The van der Waals surface area contributed by atoms with Crippen molar-refractivity contribution in [3.8, 4) is 0 Å². The van der Waals surface area contributed by atoms with Crippen molar-refractivity contribution < 1.29 is 0 Å². The van der Waals surface area contributed by atoms with E-state index in [9.17, 15) is 0 Å². The molecular weight excluding hydrogens is 148 g/mol. The first-order valence-electron chi connectivity index (χ1n) is 5.00. The summed E-state index contributed by atoms with van der Waals surface area (Å²) in [4.78, 5) is 4.52. The molecular formula is C10H24N2. The van der Waals surface area contributed by atoms with Gasteiger partial charge in [-0.25, -0.2) is 0 Å². The molecule has 0 spiro atoms. The van der Waals surface area contributed by atoms with Crippen molar-refractivity contribution in [2.45, 2.75) is 26.2 Å². The zero-order valence-corrected chi connectivity index (χ0v) is 9.14. The lowest BCUT2D eigenvalue weighted by Gasteiger charge is -2.20. The molecule has 1 rings (SSSR count). The van der Waals surface area contributed by atoms with Gasteiger partial charge in [0.25, 0.3) is 0 Å². The van der Waals surface area contributed by atoms with E-state index in [4.69, 9.17) is 0 Å². The van der Waals surface area contributed by atoms with E-state index in [0.717, 1.165) is 6.54 Å². The number of hydrogen-bond donors (Lipinski definition) is 0. The zero-order valence-electron chi connectivity index (χ0n) is 9.14. The monoisotopic (exact) mass is 172 g/mol. The van der Waals surface area contributed by atoms with Crippen LogP contribution in [0.15, 0.2) is 0 Å². The molecule has 12 heavy (non-hydrogen) atoms. The summed E-state index contributed by atoms with van der Waals surface area (Å²) in [6.07, 6.45) is 4.28. The molecule has 0 radical (unpaired) electrons. The molecule has 1 fully saturated rings. The van der Waals surface area contributed by atoms with Crippen LogP contribution in [0.1, 0.15) is 26.2 Å². The second-order valence-corrected chi connectivity index (χ2v) is 3.76. The summed E-state index contributed by atoms with van der Waals surface area (Å²) in [7, 11) is 6.30. The van der Waals surface area contributed by atoms with Gasteiger partial charge in [-0.2, -0.15) is 0 Å². The highest BCUT2D eigenvalue weighted by molar-refractivity contribution is 4.58. The second-order valence-electron chi connectivity index (χ2n) is 3.76. The van der Waals surface area contributed by atoms with Crippen molar-refractivity contribution in [3.63, 3.8) is 0 Å². The summed E-state index contributed by atoms with van der Waals surface area (Å²) >= 11 is 0. The fourth-order valence-electron chi connectivity index (χ4n) is 1.05. The lowest BCUT2D eigenvalue weighted by Crippen LogP contribution is -2.24. The Morgan fingerprint density at radius 2 is 1.50 bits per heavy atom. The molecule has 2 nitrogen and oxygen atoms in total. The van der Waals surface area contributed by atoms with Gasteiger partial charge >= 0.3 is 0 Å². The highest BCUT2D eigenvalue weighted by atomic mass is 15.1. The Bertz CT molecular complexity index is 85.8. The summed E-state index contributed by atoms with van der Waals surface area (Å²) in [5.41, 5.74) is 0. The minimum atomic E-state index is 1.14. The third-order valence-electron chi connectivity index (χ3n) is 2.21. The van der Waals surface area contributed by atoms with E-state index in [2.05, 4.69) is 37.9 Å². The summed E-state index contributed by atoms with van der Waals surface area (Å²) in [6.45, 7) is 5.90. The van der Waals surface area contributed by atoms with E-state index in [0.29, 0.717) is 0 Å². The van der Waals surface area contributed by atoms with E-state index in [1.165, 1.54) is 32.4 Å². The minimum Gasteiger partial charge on any atom is -0.310 e. The van der Waals surface area contributed by atoms with Crippen LogP contribution < -0.4 is 0 Å². The van der Waals surface area contributed by atoms with Gasteiger partial charge in [0.2, 0.25) is 0 Å². The number of likely N-dealkylation sites (tertiary alicyclic amines) is 1. The Morgan fingerprint density at radius 1 is 1.08 bits per heavy atom. The third-order valence-corrected chi connectivity index (χ3v) is 2.21. The smallest absolute Gasteiger partial charge is 0.00218 e. The summed E-state index contributed by atoms with van der Waals surface area (Å²) in [5, 5.41) is 0. The number of hydrogen-bond acceptors (Lipinski definition) is 2. The van der Waals surface area contributed by atoms with Crippen molar-refractivity contribution in [2.24, 2.45) is 0 Å². The largest absolute Gasteiger partial charge is 0.310 e. The van der Waals surface area contributed by atoms with Crippen LogP contribution in [-0.2, 0) is 0 Å². The van der Waals surface area contributed by atoms with Crippen LogP contribution >= 0.6 is 0 Å². The van der Waals surface area contributed by atoms with Crippen LogP contribution in [0, 0.1) is 0 Å². The first kappa shape index (κ1) is 11.9. The molecule has 0 aromatic rings. The molecule has 0 aliphatic carbocycles. The molecule has 1 aliphatic heterocycles. The number of nitrogens with zero attached hydrogens (tertiary/aromatic N) is 2. The van der Waals surface area contributed by atoms with Crippen molar-refractivity contribution in [1.82, 2.24) is 9.80 Å². The fraction of sp³-hybridized carbons (Fsp3) is 1.00. The molecule has 0 aromatic carbocycles. The highest BCUT2D eigenvalue weighted by Gasteiger charge is 2.02. The van der Waals surface area contributed by atoms with Crippen LogP contribution in [0.4, 0.5) is 0 Å². The Kier molecular flexibility index (Phi) is 7.51. The summed E-state index contributed by atoms with van der Waals surface area (Å²) in [6, 6.07) is 0. The van der Waals surface area contributed by atoms with Crippen LogP contribution in [0.25, 0.3) is 0 Å².